The fourth-order valence-corrected chi connectivity index (χ4v) is 12.3. The first-order valence-electron chi connectivity index (χ1n) is 23.9. The molecule has 4 heterocycles. The minimum absolute atomic E-state index is 0.609. The van der Waals surface area contributed by atoms with E-state index in [-0.39, 0.29) is 0 Å². The van der Waals surface area contributed by atoms with E-state index < -0.39 is 0 Å². The third kappa shape index (κ3) is 6.22. The molecule has 0 aliphatic heterocycles. The van der Waals surface area contributed by atoms with Crippen LogP contribution >= 0.6 is 11.3 Å². The molecule has 0 saturated carbocycles. The zero-order valence-electron chi connectivity index (χ0n) is 38.0. The first-order valence-corrected chi connectivity index (χ1v) is 24.7. The quantitative estimate of drug-likeness (QED) is 0.167. The molecule has 0 amide bonds. The minimum Gasteiger partial charge on any atom is -0.456 e. The van der Waals surface area contributed by atoms with Gasteiger partial charge in [0.05, 0.1) is 11.0 Å². The number of aromatic nitrogens is 4. The zero-order valence-corrected chi connectivity index (χ0v) is 38.9. The summed E-state index contributed by atoms with van der Waals surface area (Å²) in [5.74, 6) is 1.86. The van der Waals surface area contributed by atoms with Crippen LogP contribution in [0.5, 0.6) is 0 Å². The van der Waals surface area contributed by atoms with Crippen LogP contribution in [0.4, 0.5) is 0 Å². The number of benzene rings is 11. The van der Waals surface area contributed by atoms with Gasteiger partial charge in [0.1, 0.15) is 11.2 Å². The zero-order chi connectivity index (χ0) is 46.6. The molecule has 0 unspecified atom stereocenters. The van der Waals surface area contributed by atoms with Crippen LogP contribution in [-0.2, 0) is 0 Å². The van der Waals surface area contributed by atoms with E-state index in [0.29, 0.717) is 17.5 Å². The van der Waals surface area contributed by atoms with Crippen LogP contribution in [0.3, 0.4) is 0 Å². The highest BCUT2D eigenvalue weighted by Crippen LogP contribution is 2.48. The number of para-hydroxylation sites is 1. The molecule has 71 heavy (non-hydrogen) atoms. The second kappa shape index (κ2) is 15.7. The lowest BCUT2D eigenvalue weighted by Crippen LogP contribution is -2.00. The predicted molar refractivity (Wildman–Crippen MR) is 297 cm³/mol. The smallest absolute Gasteiger partial charge is 0.165 e. The van der Waals surface area contributed by atoms with E-state index >= 15 is 0 Å². The molecule has 4 aromatic heterocycles. The molecule has 5 nitrogen and oxygen atoms in total. The normalized spacial score (nSPS) is 11.9. The van der Waals surface area contributed by atoms with E-state index in [1.54, 1.807) is 11.3 Å². The third-order valence-electron chi connectivity index (χ3n) is 14.2. The van der Waals surface area contributed by atoms with Gasteiger partial charge in [-0.1, -0.05) is 176 Å². The molecule has 0 bridgehead atoms. The molecule has 330 valence electrons. The number of hydrogen-bond donors (Lipinski definition) is 0. The Hall–Kier alpha value is -9.23. The summed E-state index contributed by atoms with van der Waals surface area (Å²) in [6.45, 7) is 0. The molecule has 0 fully saturated rings. The van der Waals surface area contributed by atoms with Crippen LogP contribution in [-0.4, -0.2) is 19.5 Å². The van der Waals surface area contributed by atoms with Crippen molar-refractivity contribution in [2.45, 2.75) is 0 Å². The van der Waals surface area contributed by atoms with Gasteiger partial charge < -0.3 is 8.98 Å². The van der Waals surface area contributed by atoms with E-state index in [9.17, 15) is 0 Å². The summed E-state index contributed by atoms with van der Waals surface area (Å²) >= 11 is 1.79. The SMILES string of the molecule is c1ccc(-c2nc(-c3ccc4oc5ccccc5c4c3)nc(-c3cccc4c3sc3cc(-n5c6cc(-c7ccccc7)c7ccccc7c6c6c7ccccc7c(-c7ccccc7)cc65)ccc34)n2)cc1. The second-order valence-corrected chi connectivity index (χ2v) is 19.3. The van der Waals surface area contributed by atoms with E-state index in [0.717, 1.165) is 49.0 Å². The Morgan fingerprint density at radius 1 is 0.324 bits per heavy atom. The standard InChI is InChI=1S/C65H38N4OS/c1-4-17-39(18-5-1)52-37-55-60(48-26-12-10-23-44(48)52)61-49-27-13-11-24-45(49)53(40-19-6-2-7-20-40)38-56(61)69(55)43-32-33-47-50-28-16-29-51(62(50)71-59(47)36-43)65-67-63(41-21-8-3-9-22-41)66-64(68-65)42-31-34-58-54(35-42)46-25-14-15-30-57(46)70-58/h1-38H. The maximum Gasteiger partial charge on any atom is 0.165 e. The Balaban J connectivity index is 0.975. The van der Waals surface area contributed by atoms with Crippen LogP contribution < -0.4 is 0 Å². The topological polar surface area (TPSA) is 56.7 Å². The Kier molecular flexibility index (Phi) is 8.76. The van der Waals surface area contributed by atoms with Crippen molar-refractivity contribution in [3.05, 3.63) is 231 Å². The molecule has 0 N–H and O–H groups in total. The van der Waals surface area contributed by atoms with Gasteiger partial charge in [0.2, 0.25) is 0 Å². The molecule has 0 radical (unpaired) electrons. The summed E-state index contributed by atoms with van der Waals surface area (Å²) in [4.78, 5) is 15.6. The third-order valence-corrected chi connectivity index (χ3v) is 15.4. The van der Waals surface area contributed by atoms with E-state index in [1.165, 1.54) is 81.1 Å². The first kappa shape index (κ1) is 39.7. The Morgan fingerprint density at radius 2 is 0.845 bits per heavy atom. The molecule has 0 saturated heterocycles. The van der Waals surface area contributed by atoms with Crippen LogP contribution in [0, 0.1) is 0 Å². The largest absolute Gasteiger partial charge is 0.456 e. The fourth-order valence-electron chi connectivity index (χ4n) is 11.0. The van der Waals surface area contributed by atoms with Gasteiger partial charge in [-0.05, 0) is 98.4 Å². The molecule has 15 rings (SSSR count). The van der Waals surface area contributed by atoms with Gasteiger partial charge >= 0.3 is 0 Å². The molecular weight excluding hydrogens is 885 g/mol. The maximum atomic E-state index is 6.21. The Morgan fingerprint density at radius 3 is 1.49 bits per heavy atom. The summed E-state index contributed by atoms with van der Waals surface area (Å²) in [7, 11) is 0. The number of nitrogens with zero attached hydrogens (tertiary/aromatic N) is 4. The molecule has 0 aliphatic carbocycles. The molecule has 11 aromatic carbocycles. The highest BCUT2D eigenvalue weighted by molar-refractivity contribution is 7.26. The van der Waals surface area contributed by atoms with Crippen molar-refractivity contribution in [2.75, 3.05) is 0 Å². The van der Waals surface area contributed by atoms with Gasteiger partial charge in [0.25, 0.3) is 0 Å². The van der Waals surface area contributed by atoms with Crippen LogP contribution in [0.15, 0.2) is 235 Å². The number of fused-ring (bicyclic) bond motifs is 13. The molecule has 0 atom stereocenters. The number of furan rings is 1. The average Bonchev–Trinajstić information content (AvgIpc) is 4.12. The lowest BCUT2D eigenvalue weighted by atomic mass is 9.92. The van der Waals surface area contributed by atoms with Gasteiger partial charge in [-0.3, -0.25) is 0 Å². The van der Waals surface area contributed by atoms with Crippen molar-refractivity contribution in [1.82, 2.24) is 19.5 Å². The summed E-state index contributed by atoms with van der Waals surface area (Å²) in [6, 6.07) is 82.4. The van der Waals surface area contributed by atoms with Crippen molar-refractivity contribution in [1.29, 1.82) is 0 Å². The lowest BCUT2D eigenvalue weighted by Gasteiger charge is -2.13. The van der Waals surface area contributed by atoms with Crippen LogP contribution in [0.1, 0.15) is 0 Å². The van der Waals surface area contributed by atoms with Crippen molar-refractivity contribution in [2.24, 2.45) is 0 Å². The maximum absolute atomic E-state index is 6.21. The molecule has 6 heteroatoms. The van der Waals surface area contributed by atoms with Crippen molar-refractivity contribution < 1.29 is 4.42 Å². The van der Waals surface area contributed by atoms with Gasteiger partial charge in [-0.15, -0.1) is 11.3 Å². The summed E-state index contributed by atoms with van der Waals surface area (Å²) in [5.41, 5.74) is 12.7. The lowest BCUT2D eigenvalue weighted by molar-refractivity contribution is 0.669. The summed E-state index contributed by atoms with van der Waals surface area (Å²) in [5, 5.41) is 11.9. The summed E-state index contributed by atoms with van der Waals surface area (Å²) in [6.07, 6.45) is 0. The average molecular weight is 923 g/mol. The van der Waals surface area contributed by atoms with E-state index in [4.69, 9.17) is 19.4 Å². The number of hydrogen-bond acceptors (Lipinski definition) is 5. The van der Waals surface area contributed by atoms with Gasteiger partial charge in [0.15, 0.2) is 17.5 Å². The van der Waals surface area contributed by atoms with Crippen LogP contribution in [0.2, 0.25) is 0 Å². The fraction of sp³-hybridized carbons (Fsp3) is 0. The molecular formula is C65H38N4OS. The number of rotatable bonds is 6. The number of thiophene rings is 1. The molecule has 0 spiro atoms. The van der Waals surface area contributed by atoms with Crippen molar-refractivity contribution in [3.8, 4) is 62.1 Å². The minimum atomic E-state index is 0.609. The van der Waals surface area contributed by atoms with Crippen molar-refractivity contribution in [3.63, 3.8) is 0 Å². The van der Waals surface area contributed by atoms with Gasteiger partial charge in [-0.25, -0.2) is 15.0 Å². The van der Waals surface area contributed by atoms with Crippen molar-refractivity contribution >= 4 is 96.8 Å². The molecule has 0 aliphatic rings. The van der Waals surface area contributed by atoms with Gasteiger partial charge in [-0.2, -0.15) is 0 Å². The van der Waals surface area contributed by atoms with E-state index in [2.05, 4.69) is 187 Å². The Labute approximate surface area is 411 Å². The van der Waals surface area contributed by atoms with Gasteiger partial charge in [0, 0.05) is 64.1 Å². The highest BCUT2D eigenvalue weighted by Gasteiger charge is 2.23. The molecule has 15 aromatic rings. The Bertz CT molecular complexity index is 4490. The van der Waals surface area contributed by atoms with Crippen LogP contribution in [0.25, 0.3) is 148 Å². The predicted octanol–water partition coefficient (Wildman–Crippen LogP) is 17.9. The summed E-state index contributed by atoms with van der Waals surface area (Å²) < 4.78 is 11.0. The second-order valence-electron chi connectivity index (χ2n) is 18.2. The van der Waals surface area contributed by atoms with E-state index in [1.807, 2.05) is 48.5 Å². The first-order chi connectivity index (χ1) is 35.2. The highest BCUT2D eigenvalue weighted by atomic mass is 32.1. The monoisotopic (exact) mass is 922 g/mol.